The first-order chi connectivity index (χ1) is 16.0. The highest BCUT2D eigenvalue weighted by Gasteiger charge is 2.23. The predicted octanol–water partition coefficient (Wildman–Crippen LogP) is 4.78. The van der Waals surface area contributed by atoms with Gasteiger partial charge in [-0.1, -0.05) is 65.2 Å². The monoisotopic (exact) mass is 469 g/mol. The predicted molar refractivity (Wildman–Crippen MR) is 140 cm³/mol. The van der Waals surface area contributed by atoms with Gasteiger partial charge in [0.1, 0.15) is 5.82 Å². The van der Waals surface area contributed by atoms with Crippen molar-refractivity contribution in [1.29, 1.82) is 0 Å². The molecule has 0 fully saturated rings. The number of amides is 2. The molecule has 0 aliphatic heterocycles. The van der Waals surface area contributed by atoms with E-state index in [-0.39, 0.29) is 23.8 Å². The molecule has 0 spiro atoms. The van der Waals surface area contributed by atoms with Crippen LogP contribution >= 0.6 is 0 Å². The number of likely N-dealkylation sites (N-methyl/N-ethyl adjacent to an activating group) is 1. The third-order valence-electron chi connectivity index (χ3n) is 5.84. The number of carbonyl (C=O) groups excluding carboxylic acids is 2. The topological polar surface area (TPSA) is 70.5 Å². The number of nitrogens with one attached hydrogen (secondary N) is 1. The number of hydrogen-bond acceptors (Lipinski definition) is 4. The van der Waals surface area contributed by atoms with Gasteiger partial charge in [0.05, 0.1) is 17.9 Å². The van der Waals surface area contributed by atoms with E-state index in [2.05, 4.69) is 33.0 Å². The van der Waals surface area contributed by atoms with Gasteiger partial charge in [-0.3, -0.25) is 9.59 Å². The number of carbonyl (C=O) groups is 2. The molecule has 1 N–H and O–H groups in total. The van der Waals surface area contributed by atoms with Crippen molar-refractivity contribution in [2.75, 3.05) is 39.0 Å². The summed E-state index contributed by atoms with van der Waals surface area (Å²) in [6, 6.07) is 9.90. The van der Waals surface area contributed by atoms with Crippen LogP contribution in [0, 0.1) is 6.92 Å². The van der Waals surface area contributed by atoms with Crippen LogP contribution in [0.15, 0.2) is 30.3 Å². The van der Waals surface area contributed by atoms with E-state index in [0.717, 1.165) is 42.6 Å². The molecule has 0 saturated heterocycles. The highest BCUT2D eigenvalue weighted by Crippen LogP contribution is 2.27. The molecule has 1 heterocycles. The van der Waals surface area contributed by atoms with E-state index < -0.39 is 0 Å². The van der Waals surface area contributed by atoms with Gasteiger partial charge in [-0.15, -0.1) is 0 Å². The Labute approximate surface area is 205 Å². The molecule has 188 valence electrons. The van der Waals surface area contributed by atoms with E-state index in [0.29, 0.717) is 25.3 Å². The number of aryl methyl sites for hydroxylation is 1. The van der Waals surface area contributed by atoms with Gasteiger partial charge in [0.15, 0.2) is 0 Å². The van der Waals surface area contributed by atoms with Crippen molar-refractivity contribution in [2.24, 2.45) is 0 Å². The van der Waals surface area contributed by atoms with Gasteiger partial charge in [-0.25, -0.2) is 4.68 Å². The van der Waals surface area contributed by atoms with E-state index in [4.69, 9.17) is 5.10 Å². The number of nitrogens with zero attached hydrogens (tertiary/aromatic N) is 4. The molecule has 0 radical (unpaired) electrons. The fourth-order valence-electron chi connectivity index (χ4n) is 3.65. The summed E-state index contributed by atoms with van der Waals surface area (Å²) in [4.78, 5) is 29.7. The minimum Gasteiger partial charge on any atom is -0.332 e. The molecule has 0 unspecified atom stereocenters. The molecule has 0 aliphatic carbocycles. The first-order valence-corrected chi connectivity index (χ1v) is 12.4. The minimum atomic E-state index is -0.212. The van der Waals surface area contributed by atoms with Crippen LogP contribution in [0.3, 0.4) is 0 Å². The van der Waals surface area contributed by atoms with Crippen molar-refractivity contribution in [1.82, 2.24) is 19.6 Å². The van der Waals surface area contributed by atoms with Crippen LogP contribution in [0.5, 0.6) is 0 Å². The Hall–Kier alpha value is -2.67. The molecule has 1 aromatic carbocycles. The maximum absolute atomic E-state index is 13.1. The third-order valence-corrected chi connectivity index (χ3v) is 5.84. The van der Waals surface area contributed by atoms with Crippen molar-refractivity contribution < 1.29 is 9.59 Å². The Morgan fingerprint density at radius 1 is 1.06 bits per heavy atom. The SMILES string of the molecule is CCCCCCC(=O)N(CCN(C)C)CC(=O)Nc1cc(C(C)(C)C)nn1-c1ccccc1C. The average molecular weight is 470 g/mol. The lowest BCUT2D eigenvalue weighted by Gasteiger charge is -2.24. The summed E-state index contributed by atoms with van der Waals surface area (Å²) in [6.45, 7) is 11.8. The maximum Gasteiger partial charge on any atom is 0.245 e. The molecule has 0 saturated carbocycles. The average Bonchev–Trinajstić information content (AvgIpc) is 3.18. The first-order valence-electron chi connectivity index (χ1n) is 12.4. The highest BCUT2D eigenvalue weighted by molar-refractivity contribution is 5.94. The van der Waals surface area contributed by atoms with E-state index >= 15 is 0 Å². The molecular formula is C27H43N5O2. The fourth-order valence-corrected chi connectivity index (χ4v) is 3.65. The summed E-state index contributed by atoms with van der Waals surface area (Å²) in [7, 11) is 3.94. The molecule has 2 aromatic rings. The summed E-state index contributed by atoms with van der Waals surface area (Å²) >= 11 is 0. The van der Waals surface area contributed by atoms with Crippen molar-refractivity contribution in [3.05, 3.63) is 41.6 Å². The van der Waals surface area contributed by atoms with Crippen LogP contribution in [0.25, 0.3) is 5.69 Å². The summed E-state index contributed by atoms with van der Waals surface area (Å²) in [6.07, 6.45) is 4.65. The fraction of sp³-hybridized carbons (Fsp3) is 0.593. The van der Waals surface area contributed by atoms with E-state index in [1.807, 2.05) is 56.3 Å². The van der Waals surface area contributed by atoms with Gasteiger partial charge in [-0.05, 0) is 39.1 Å². The Balaban J connectivity index is 2.21. The van der Waals surface area contributed by atoms with Crippen molar-refractivity contribution in [3.8, 4) is 5.69 Å². The number of anilines is 1. The van der Waals surface area contributed by atoms with Crippen LogP contribution in [-0.2, 0) is 15.0 Å². The van der Waals surface area contributed by atoms with E-state index in [1.54, 1.807) is 9.58 Å². The lowest BCUT2D eigenvalue weighted by molar-refractivity contribution is -0.135. The summed E-state index contributed by atoms with van der Waals surface area (Å²) in [5, 5.41) is 7.84. The Kier molecular flexibility index (Phi) is 10.3. The molecule has 0 aliphatic rings. The smallest absolute Gasteiger partial charge is 0.245 e. The standard InChI is InChI=1S/C27H43N5O2/c1-8-9-10-11-16-26(34)31(18-17-30(6)7)20-25(33)28-24-19-23(27(3,4)5)29-32(24)22-15-13-12-14-21(22)2/h12-15,19H,8-11,16-18,20H2,1-7H3,(H,28,33). The Morgan fingerprint density at radius 3 is 2.38 bits per heavy atom. The first kappa shape index (κ1) is 27.6. The number of unbranched alkanes of at least 4 members (excludes halogenated alkanes) is 3. The van der Waals surface area contributed by atoms with E-state index in [9.17, 15) is 9.59 Å². The molecule has 7 heteroatoms. The van der Waals surface area contributed by atoms with Gasteiger partial charge < -0.3 is 15.1 Å². The molecule has 2 rings (SSSR count). The number of rotatable bonds is 12. The van der Waals surface area contributed by atoms with Gasteiger partial charge in [-0.2, -0.15) is 5.10 Å². The normalized spacial score (nSPS) is 11.6. The van der Waals surface area contributed by atoms with Crippen molar-refractivity contribution >= 4 is 17.6 Å². The van der Waals surface area contributed by atoms with E-state index in [1.165, 1.54) is 0 Å². The zero-order valence-corrected chi connectivity index (χ0v) is 22.1. The van der Waals surface area contributed by atoms with Crippen LogP contribution in [0.2, 0.25) is 0 Å². The van der Waals surface area contributed by atoms with Gasteiger partial charge >= 0.3 is 0 Å². The number of benzene rings is 1. The van der Waals surface area contributed by atoms with Crippen LogP contribution < -0.4 is 5.32 Å². The summed E-state index contributed by atoms with van der Waals surface area (Å²) in [5.41, 5.74) is 2.71. The lowest BCUT2D eigenvalue weighted by Crippen LogP contribution is -2.41. The van der Waals surface area contributed by atoms with Crippen LogP contribution in [-0.4, -0.2) is 65.1 Å². The summed E-state index contributed by atoms with van der Waals surface area (Å²) < 4.78 is 1.80. The van der Waals surface area contributed by atoms with Crippen LogP contribution in [0.1, 0.15) is 71.1 Å². The zero-order valence-electron chi connectivity index (χ0n) is 22.1. The second-order valence-corrected chi connectivity index (χ2v) is 10.3. The number of aromatic nitrogens is 2. The van der Waals surface area contributed by atoms with Crippen molar-refractivity contribution in [3.63, 3.8) is 0 Å². The molecule has 0 bridgehead atoms. The Morgan fingerprint density at radius 2 is 1.76 bits per heavy atom. The molecular weight excluding hydrogens is 426 g/mol. The largest absolute Gasteiger partial charge is 0.332 e. The van der Waals surface area contributed by atoms with Gasteiger partial charge in [0.25, 0.3) is 0 Å². The summed E-state index contributed by atoms with van der Waals surface area (Å²) in [5.74, 6) is 0.443. The quantitative estimate of drug-likeness (QED) is 0.454. The molecule has 2 amide bonds. The minimum absolute atomic E-state index is 0.0320. The maximum atomic E-state index is 13.1. The zero-order chi connectivity index (χ0) is 25.3. The van der Waals surface area contributed by atoms with Crippen LogP contribution in [0.4, 0.5) is 5.82 Å². The highest BCUT2D eigenvalue weighted by atomic mass is 16.2. The number of hydrogen-bond donors (Lipinski definition) is 1. The molecule has 1 aromatic heterocycles. The van der Waals surface area contributed by atoms with Gasteiger partial charge in [0.2, 0.25) is 11.8 Å². The molecule has 34 heavy (non-hydrogen) atoms. The molecule has 7 nitrogen and oxygen atoms in total. The Bertz CT molecular complexity index is 943. The third kappa shape index (κ3) is 8.28. The van der Waals surface area contributed by atoms with Crippen molar-refractivity contribution in [2.45, 2.75) is 72.1 Å². The number of para-hydroxylation sites is 1. The second kappa shape index (κ2) is 12.7. The molecule has 0 atom stereocenters. The lowest BCUT2D eigenvalue weighted by atomic mass is 9.92. The second-order valence-electron chi connectivity index (χ2n) is 10.3. The van der Waals surface area contributed by atoms with Gasteiger partial charge in [0, 0.05) is 31.0 Å².